The van der Waals surface area contributed by atoms with Gasteiger partial charge in [-0.15, -0.1) is 0 Å². The molecule has 1 aromatic heterocycles. The molecule has 0 saturated carbocycles. The molecule has 0 spiro atoms. The van der Waals surface area contributed by atoms with Gasteiger partial charge in [0.1, 0.15) is 0 Å². The second-order valence-corrected chi connectivity index (χ2v) is 8.76. The van der Waals surface area contributed by atoms with Gasteiger partial charge in [-0.2, -0.15) is 0 Å². The normalized spacial score (nSPS) is 17.3. The highest BCUT2D eigenvalue weighted by Gasteiger charge is 2.42. The Bertz CT molecular complexity index is 1330. The number of aromatic nitrogens is 1. The maximum absolute atomic E-state index is 13.6. The molecule has 5 rings (SSSR count). The molecule has 2 aromatic carbocycles. The number of benzene rings is 2. The standard InChI is InChI=1S/C26H27N3O4/c1-14(2)28-12-17-23(16-9-10-21(32-4)22(11-16)33-5)25-19(13-29(15(3)30)26(25)31)27-18-7-6-8-20(28)24(17)18/h6-12,14,23,27H,13H2,1-5H3/t23-/m0/s1. The van der Waals surface area contributed by atoms with Crippen molar-refractivity contribution < 1.29 is 19.1 Å². The van der Waals surface area contributed by atoms with Crippen LogP contribution in [0, 0.1) is 0 Å². The second-order valence-electron chi connectivity index (χ2n) is 8.76. The van der Waals surface area contributed by atoms with E-state index in [0.717, 1.165) is 33.4 Å². The summed E-state index contributed by atoms with van der Waals surface area (Å²) in [4.78, 5) is 27.1. The summed E-state index contributed by atoms with van der Waals surface area (Å²) >= 11 is 0. The Kier molecular flexibility index (Phi) is 4.92. The van der Waals surface area contributed by atoms with E-state index in [1.165, 1.54) is 11.8 Å². The topological polar surface area (TPSA) is 72.8 Å². The van der Waals surface area contributed by atoms with Crippen molar-refractivity contribution in [1.29, 1.82) is 0 Å². The smallest absolute Gasteiger partial charge is 0.259 e. The van der Waals surface area contributed by atoms with Gasteiger partial charge in [-0.05, 0) is 49.2 Å². The number of methoxy groups -OCH3 is 2. The fourth-order valence-corrected chi connectivity index (χ4v) is 5.04. The van der Waals surface area contributed by atoms with E-state index in [2.05, 4.69) is 36.0 Å². The van der Waals surface area contributed by atoms with Gasteiger partial charge in [-0.3, -0.25) is 14.5 Å². The number of nitrogens with one attached hydrogen (secondary N) is 1. The third kappa shape index (κ3) is 3.10. The van der Waals surface area contributed by atoms with E-state index >= 15 is 0 Å². The van der Waals surface area contributed by atoms with Crippen LogP contribution in [0.3, 0.4) is 0 Å². The zero-order valence-electron chi connectivity index (χ0n) is 19.4. The molecule has 170 valence electrons. The van der Waals surface area contributed by atoms with Crippen molar-refractivity contribution >= 4 is 28.4 Å². The number of hydrogen-bond donors (Lipinski definition) is 1. The summed E-state index contributed by atoms with van der Waals surface area (Å²) < 4.78 is 13.2. The summed E-state index contributed by atoms with van der Waals surface area (Å²) in [5.41, 5.74) is 5.33. The van der Waals surface area contributed by atoms with Crippen LogP contribution in [-0.2, 0) is 9.59 Å². The summed E-state index contributed by atoms with van der Waals surface area (Å²) in [7, 11) is 3.20. The van der Waals surface area contributed by atoms with Gasteiger partial charge >= 0.3 is 0 Å². The van der Waals surface area contributed by atoms with Crippen molar-refractivity contribution in [2.24, 2.45) is 0 Å². The molecule has 2 aliphatic heterocycles. The highest BCUT2D eigenvalue weighted by atomic mass is 16.5. The molecule has 0 aliphatic carbocycles. The maximum Gasteiger partial charge on any atom is 0.259 e. The SMILES string of the molecule is COc1ccc([C@@H]2C3=C(CN(C(C)=O)C3=O)Nc3cccc4c3c2cn4C(C)C)cc1OC. The van der Waals surface area contributed by atoms with Crippen molar-refractivity contribution in [1.82, 2.24) is 9.47 Å². The third-order valence-electron chi connectivity index (χ3n) is 6.57. The van der Waals surface area contributed by atoms with Gasteiger partial charge < -0.3 is 19.4 Å². The summed E-state index contributed by atoms with van der Waals surface area (Å²) in [6.07, 6.45) is 2.14. The van der Waals surface area contributed by atoms with Crippen LogP contribution in [0.4, 0.5) is 5.69 Å². The summed E-state index contributed by atoms with van der Waals surface area (Å²) in [5.74, 6) is 0.323. The van der Waals surface area contributed by atoms with Gasteiger partial charge in [0.2, 0.25) is 5.91 Å². The van der Waals surface area contributed by atoms with Crippen molar-refractivity contribution in [2.45, 2.75) is 32.7 Å². The molecule has 3 aromatic rings. The molecule has 2 aliphatic rings. The molecule has 1 atom stereocenters. The molecular formula is C26H27N3O4. The molecule has 7 heteroatoms. The zero-order valence-corrected chi connectivity index (χ0v) is 19.4. The molecule has 2 amide bonds. The van der Waals surface area contributed by atoms with Crippen LogP contribution < -0.4 is 14.8 Å². The van der Waals surface area contributed by atoms with E-state index in [1.54, 1.807) is 14.2 Å². The van der Waals surface area contributed by atoms with Gasteiger partial charge in [-0.25, -0.2) is 0 Å². The Morgan fingerprint density at radius 2 is 1.88 bits per heavy atom. The van der Waals surface area contributed by atoms with Gasteiger partial charge in [-0.1, -0.05) is 12.1 Å². The largest absolute Gasteiger partial charge is 0.493 e. The molecule has 0 fully saturated rings. The zero-order chi connectivity index (χ0) is 23.4. The predicted octanol–water partition coefficient (Wildman–Crippen LogP) is 4.44. The highest BCUT2D eigenvalue weighted by Crippen LogP contribution is 2.48. The molecule has 7 nitrogen and oxygen atoms in total. The number of ether oxygens (including phenoxy) is 2. The van der Waals surface area contributed by atoms with Crippen molar-refractivity contribution in [3.8, 4) is 11.5 Å². The van der Waals surface area contributed by atoms with Crippen molar-refractivity contribution in [3.05, 3.63) is 65.0 Å². The number of carbonyl (C=O) groups is 2. The number of carbonyl (C=O) groups excluding carboxylic acids is 2. The average Bonchev–Trinajstić information content (AvgIpc) is 3.29. The Balaban J connectivity index is 1.82. The summed E-state index contributed by atoms with van der Waals surface area (Å²) in [6.45, 7) is 5.95. The number of amides is 2. The highest BCUT2D eigenvalue weighted by molar-refractivity contribution is 6.11. The van der Waals surface area contributed by atoms with Crippen LogP contribution in [-0.4, -0.2) is 42.0 Å². The van der Waals surface area contributed by atoms with Gasteiger partial charge in [0.15, 0.2) is 11.5 Å². The fourth-order valence-electron chi connectivity index (χ4n) is 5.04. The number of anilines is 1. The number of imide groups is 1. The number of rotatable bonds is 4. The minimum Gasteiger partial charge on any atom is -0.493 e. The Morgan fingerprint density at radius 1 is 1.12 bits per heavy atom. The minimum atomic E-state index is -0.365. The molecule has 3 heterocycles. The Morgan fingerprint density at radius 3 is 2.55 bits per heavy atom. The van der Waals surface area contributed by atoms with Gasteiger partial charge in [0, 0.05) is 41.9 Å². The van der Waals surface area contributed by atoms with E-state index in [9.17, 15) is 9.59 Å². The number of nitrogens with zero attached hydrogens (tertiary/aromatic N) is 2. The lowest BCUT2D eigenvalue weighted by molar-refractivity contribution is -0.139. The van der Waals surface area contributed by atoms with Crippen LogP contribution in [0.1, 0.15) is 43.9 Å². The molecule has 1 N–H and O–H groups in total. The monoisotopic (exact) mass is 445 g/mol. The van der Waals surface area contributed by atoms with Gasteiger partial charge in [0.05, 0.1) is 31.9 Å². The first-order valence-corrected chi connectivity index (χ1v) is 11.0. The summed E-state index contributed by atoms with van der Waals surface area (Å²) in [6, 6.07) is 12.1. The Labute approximate surface area is 192 Å². The van der Waals surface area contributed by atoms with Crippen LogP contribution in [0.15, 0.2) is 53.9 Å². The second kappa shape index (κ2) is 7.69. The van der Waals surface area contributed by atoms with Crippen LogP contribution in [0.5, 0.6) is 11.5 Å². The molecule has 0 bridgehead atoms. The van der Waals surface area contributed by atoms with E-state index in [-0.39, 0.29) is 30.3 Å². The molecular weight excluding hydrogens is 418 g/mol. The van der Waals surface area contributed by atoms with E-state index < -0.39 is 0 Å². The quantitative estimate of drug-likeness (QED) is 0.643. The molecule has 0 radical (unpaired) electrons. The van der Waals surface area contributed by atoms with Crippen LogP contribution in [0.2, 0.25) is 0 Å². The van der Waals surface area contributed by atoms with Crippen molar-refractivity contribution in [3.63, 3.8) is 0 Å². The lowest BCUT2D eigenvalue weighted by Crippen LogP contribution is -2.33. The Hall–Kier alpha value is -3.74. The lowest BCUT2D eigenvalue weighted by Gasteiger charge is -2.20. The maximum atomic E-state index is 13.6. The van der Waals surface area contributed by atoms with Gasteiger partial charge in [0.25, 0.3) is 5.91 Å². The fraction of sp³-hybridized carbons (Fsp3) is 0.308. The molecule has 0 saturated heterocycles. The van der Waals surface area contributed by atoms with Crippen LogP contribution in [0.25, 0.3) is 10.9 Å². The summed E-state index contributed by atoms with van der Waals surface area (Å²) in [5, 5.41) is 4.59. The van der Waals surface area contributed by atoms with E-state index in [1.807, 2.05) is 30.3 Å². The minimum absolute atomic E-state index is 0.234. The lowest BCUT2D eigenvalue weighted by atomic mass is 9.84. The first-order valence-electron chi connectivity index (χ1n) is 11.0. The number of hydrogen-bond acceptors (Lipinski definition) is 5. The van der Waals surface area contributed by atoms with Crippen LogP contribution >= 0.6 is 0 Å². The average molecular weight is 446 g/mol. The first kappa shape index (κ1) is 21.1. The van der Waals surface area contributed by atoms with E-state index in [0.29, 0.717) is 17.1 Å². The third-order valence-corrected chi connectivity index (χ3v) is 6.57. The first-order chi connectivity index (χ1) is 15.8. The van der Waals surface area contributed by atoms with E-state index in [4.69, 9.17) is 9.47 Å². The predicted molar refractivity (Wildman–Crippen MR) is 127 cm³/mol. The molecule has 33 heavy (non-hydrogen) atoms. The van der Waals surface area contributed by atoms with Crippen molar-refractivity contribution in [2.75, 3.05) is 26.1 Å². The molecule has 0 unspecified atom stereocenters.